The molecule has 0 aliphatic carbocycles. The Bertz CT molecular complexity index is 1210. The van der Waals surface area contributed by atoms with E-state index in [0.29, 0.717) is 11.8 Å². The second-order valence-corrected chi connectivity index (χ2v) is 8.26. The fraction of sp³-hybridized carbons (Fsp3) is 0.154. The van der Waals surface area contributed by atoms with Crippen LogP contribution in [0.1, 0.15) is 26.3 Å². The average Bonchev–Trinajstić information content (AvgIpc) is 3.55. The van der Waals surface area contributed by atoms with E-state index in [1.54, 1.807) is 0 Å². The van der Waals surface area contributed by atoms with Crippen molar-refractivity contribution in [2.24, 2.45) is 0 Å². The Morgan fingerprint density at radius 3 is 1.41 bits per heavy atom. The summed E-state index contributed by atoms with van der Waals surface area (Å²) >= 11 is 0. The standard InChI is InChI=1S/C14H10N2O.C12H14N2O/c1-2-4-11(5-3-1)12-6-8-13(9-7-12)14-16-15-10-17-14;1-12(2,3)10-6-4-9(5-7-10)11-14-13-8-15-11/h1-10H;4-8H,1-3H3. The lowest BCUT2D eigenvalue weighted by atomic mass is 9.87. The van der Waals surface area contributed by atoms with E-state index in [-0.39, 0.29) is 5.41 Å². The molecule has 6 nitrogen and oxygen atoms in total. The summed E-state index contributed by atoms with van der Waals surface area (Å²) in [4.78, 5) is 0. The third-order valence-corrected chi connectivity index (χ3v) is 4.96. The molecule has 0 saturated heterocycles. The Hall–Kier alpha value is -4.06. The summed E-state index contributed by atoms with van der Waals surface area (Å²) in [5, 5.41) is 15.0. The van der Waals surface area contributed by atoms with Gasteiger partial charge in [0, 0.05) is 11.1 Å². The van der Waals surface area contributed by atoms with Crippen molar-refractivity contribution in [1.29, 1.82) is 0 Å². The summed E-state index contributed by atoms with van der Waals surface area (Å²) in [5.74, 6) is 1.11. The molecule has 5 aromatic rings. The maximum atomic E-state index is 5.14. The van der Waals surface area contributed by atoms with Crippen LogP contribution in [-0.2, 0) is 5.41 Å². The summed E-state index contributed by atoms with van der Waals surface area (Å²) in [6, 6.07) is 26.5. The van der Waals surface area contributed by atoms with Gasteiger partial charge in [-0.05, 0) is 46.4 Å². The Morgan fingerprint density at radius 1 is 0.531 bits per heavy atom. The van der Waals surface area contributed by atoms with Crippen molar-refractivity contribution in [3.05, 3.63) is 97.2 Å². The molecule has 0 unspecified atom stereocenters. The van der Waals surface area contributed by atoms with Crippen LogP contribution in [0.25, 0.3) is 34.0 Å². The molecule has 160 valence electrons. The fourth-order valence-corrected chi connectivity index (χ4v) is 3.15. The molecule has 0 N–H and O–H groups in total. The first-order chi connectivity index (χ1) is 15.5. The zero-order chi connectivity index (χ0) is 22.4. The summed E-state index contributed by atoms with van der Waals surface area (Å²) in [5.41, 5.74) is 5.74. The molecular weight excluding hydrogens is 400 g/mol. The highest BCUT2D eigenvalue weighted by molar-refractivity contribution is 5.67. The predicted octanol–water partition coefficient (Wildman–Crippen LogP) is 6.44. The maximum absolute atomic E-state index is 5.14. The number of aromatic nitrogens is 4. The number of benzene rings is 3. The third-order valence-electron chi connectivity index (χ3n) is 4.96. The molecule has 0 atom stereocenters. The smallest absolute Gasteiger partial charge is 0.247 e. The highest BCUT2D eigenvalue weighted by Gasteiger charge is 2.13. The van der Waals surface area contributed by atoms with Gasteiger partial charge in [-0.1, -0.05) is 75.4 Å². The van der Waals surface area contributed by atoms with E-state index in [1.807, 2.05) is 42.5 Å². The lowest BCUT2D eigenvalue weighted by Crippen LogP contribution is -2.10. The zero-order valence-corrected chi connectivity index (χ0v) is 18.3. The van der Waals surface area contributed by atoms with Gasteiger partial charge in [-0.3, -0.25) is 0 Å². The first-order valence-corrected chi connectivity index (χ1v) is 10.3. The summed E-state index contributed by atoms with van der Waals surface area (Å²) in [6.45, 7) is 6.57. The van der Waals surface area contributed by atoms with Crippen molar-refractivity contribution in [2.75, 3.05) is 0 Å². The fourth-order valence-electron chi connectivity index (χ4n) is 3.15. The number of nitrogens with zero attached hydrogens (tertiary/aromatic N) is 4. The SMILES string of the molecule is CC(C)(C)c1ccc(-c2nnco2)cc1.c1ccc(-c2ccc(-c3nnco3)cc2)cc1. The van der Waals surface area contributed by atoms with Gasteiger partial charge in [0.2, 0.25) is 24.6 Å². The molecule has 3 aromatic carbocycles. The van der Waals surface area contributed by atoms with E-state index in [1.165, 1.54) is 29.5 Å². The van der Waals surface area contributed by atoms with E-state index in [2.05, 4.69) is 77.6 Å². The Labute approximate surface area is 187 Å². The highest BCUT2D eigenvalue weighted by Crippen LogP contribution is 2.25. The normalized spacial score (nSPS) is 11.0. The molecule has 0 fully saturated rings. The second-order valence-electron chi connectivity index (χ2n) is 8.26. The molecule has 2 heterocycles. The van der Waals surface area contributed by atoms with E-state index >= 15 is 0 Å². The maximum Gasteiger partial charge on any atom is 0.247 e. The molecule has 2 aromatic heterocycles. The van der Waals surface area contributed by atoms with Crippen LogP contribution in [0.2, 0.25) is 0 Å². The van der Waals surface area contributed by atoms with Crippen LogP contribution < -0.4 is 0 Å². The summed E-state index contributed by atoms with van der Waals surface area (Å²) < 4.78 is 10.3. The van der Waals surface area contributed by atoms with Gasteiger partial charge in [0.1, 0.15) is 0 Å². The molecule has 0 spiro atoms. The van der Waals surface area contributed by atoms with Crippen LogP contribution in [0.15, 0.2) is 100 Å². The largest absolute Gasteiger partial charge is 0.423 e. The van der Waals surface area contributed by atoms with Gasteiger partial charge >= 0.3 is 0 Å². The summed E-state index contributed by atoms with van der Waals surface area (Å²) in [7, 11) is 0. The molecule has 6 heteroatoms. The van der Waals surface area contributed by atoms with Crippen LogP contribution in [0.3, 0.4) is 0 Å². The van der Waals surface area contributed by atoms with Gasteiger partial charge in [0.15, 0.2) is 0 Å². The predicted molar refractivity (Wildman–Crippen MR) is 124 cm³/mol. The highest BCUT2D eigenvalue weighted by atomic mass is 16.4. The van der Waals surface area contributed by atoms with Crippen LogP contribution in [0.4, 0.5) is 0 Å². The van der Waals surface area contributed by atoms with Crippen LogP contribution >= 0.6 is 0 Å². The van der Waals surface area contributed by atoms with Crippen molar-refractivity contribution >= 4 is 0 Å². The Morgan fingerprint density at radius 2 is 0.969 bits per heavy atom. The number of rotatable bonds is 3. The molecule has 5 rings (SSSR count). The van der Waals surface area contributed by atoms with E-state index in [9.17, 15) is 0 Å². The molecule has 0 amide bonds. The van der Waals surface area contributed by atoms with E-state index < -0.39 is 0 Å². The molecule has 32 heavy (non-hydrogen) atoms. The zero-order valence-electron chi connectivity index (χ0n) is 18.3. The van der Waals surface area contributed by atoms with Gasteiger partial charge in [-0.15, -0.1) is 20.4 Å². The van der Waals surface area contributed by atoms with E-state index in [0.717, 1.165) is 11.1 Å². The van der Waals surface area contributed by atoms with Crippen LogP contribution in [0, 0.1) is 0 Å². The molecule has 0 bridgehead atoms. The molecule has 0 aliphatic rings. The number of hydrogen-bond donors (Lipinski definition) is 0. The Kier molecular flexibility index (Phi) is 6.22. The van der Waals surface area contributed by atoms with Crippen LogP contribution in [0.5, 0.6) is 0 Å². The minimum absolute atomic E-state index is 0.174. The van der Waals surface area contributed by atoms with Crippen molar-refractivity contribution < 1.29 is 8.83 Å². The first-order valence-electron chi connectivity index (χ1n) is 10.3. The minimum Gasteiger partial charge on any atom is -0.423 e. The van der Waals surface area contributed by atoms with Gasteiger partial charge in [-0.2, -0.15) is 0 Å². The minimum atomic E-state index is 0.174. The lowest BCUT2D eigenvalue weighted by molar-refractivity contribution is 0.567. The van der Waals surface area contributed by atoms with E-state index in [4.69, 9.17) is 8.83 Å². The molecular formula is C26H24N4O2. The topological polar surface area (TPSA) is 77.8 Å². The summed E-state index contributed by atoms with van der Waals surface area (Å²) in [6.07, 6.45) is 2.67. The molecule has 0 radical (unpaired) electrons. The molecule has 0 aliphatic heterocycles. The van der Waals surface area contributed by atoms with Gasteiger partial charge in [0.25, 0.3) is 0 Å². The van der Waals surface area contributed by atoms with Gasteiger partial charge < -0.3 is 8.83 Å². The number of hydrogen-bond acceptors (Lipinski definition) is 6. The Balaban J connectivity index is 0.000000155. The third kappa shape index (κ3) is 5.16. The lowest BCUT2D eigenvalue weighted by Gasteiger charge is -2.18. The quantitative estimate of drug-likeness (QED) is 0.332. The van der Waals surface area contributed by atoms with Crippen molar-refractivity contribution in [3.63, 3.8) is 0 Å². The van der Waals surface area contributed by atoms with Crippen LogP contribution in [-0.4, -0.2) is 20.4 Å². The van der Waals surface area contributed by atoms with Crippen molar-refractivity contribution in [2.45, 2.75) is 26.2 Å². The second kappa shape index (κ2) is 9.39. The van der Waals surface area contributed by atoms with Crippen molar-refractivity contribution in [1.82, 2.24) is 20.4 Å². The van der Waals surface area contributed by atoms with Gasteiger partial charge in [-0.25, -0.2) is 0 Å². The van der Waals surface area contributed by atoms with Gasteiger partial charge in [0.05, 0.1) is 0 Å². The monoisotopic (exact) mass is 424 g/mol. The van der Waals surface area contributed by atoms with Crippen molar-refractivity contribution in [3.8, 4) is 34.0 Å². The first kappa shape index (κ1) is 21.2. The molecule has 0 saturated carbocycles. The average molecular weight is 425 g/mol.